The van der Waals surface area contributed by atoms with Crippen molar-refractivity contribution in [3.63, 3.8) is 0 Å². The molecule has 4 aromatic rings. The second-order valence-electron chi connectivity index (χ2n) is 7.73. The van der Waals surface area contributed by atoms with Crippen LogP contribution in [-0.4, -0.2) is 39.7 Å². The van der Waals surface area contributed by atoms with Gasteiger partial charge in [0.15, 0.2) is 0 Å². The van der Waals surface area contributed by atoms with Crippen molar-refractivity contribution in [3.8, 4) is 0 Å². The summed E-state index contributed by atoms with van der Waals surface area (Å²) in [6.45, 7) is -0.239. The van der Waals surface area contributed by atoms with Crippen LogP contribution in [0.15, 0.2) is 85.8 Å². The molecule has 0 unspecified atom stereocenters. The molecule has 186 valence electrons. The summed E-state index contributed by atoms with van der Waals surface area (Å²) in [4.78, 5) is 49.6. The maximum atomic E-state index is 13.4. The Balaban J connectivity index is 1.93. The Kier molecular flexibility index (Phi) is 6.49. The summed E-state index contributed by atoms with van der Waals surface area (Å²) >= 11 is 0. The number of aliphatic carboxylic acids is 2. The smallest absolute Gasteiger partial charge is 0.332 e. The van der Waals surface area contributed by atoms with Crippen molar-refractivity contribution >= 4 is 38.6 Å². The number of benzene rings is 2. The number of aromatic nitrogens is 2. The number of furan rings is 1. The number of rotatable bonds is 9. The molecule has 13 heteroatoms. The minimum absolute atomic E-state index is 0.00791. The lowest BCUT2D eigenvalue weighted by Crippen LogP contribution is -2.45. The van der Waals surface area contributed by atoms with Crippen LogP contribution in [-0.2, 0) is 26.2 Å². The highest BCUT2D eigenvalue weighted by Crippen LogP contribution is 2.21. The van der Waals surface area contributed by atoms with Gasteiger partial charge >= 0.3 is 17.6 Å². The van der Waals surface area contributed by atoms with Crippen molar-refractivity contribution in [1.82, 2.24) is 9.13 Å². The SMILES string of the molecule is O=C(O)C[C@@H](C(=O)O)n1c(=O)c2ccc(NS(=O)(=O)c3ccccc3)cc2n(Cc2ccco2)c1=O. The number of nitrogens with zero attached hydrogens (tertiary/aromatic N) is 2. The first-order chi connectivity index (χ1) is 17.1. The fourth-order valence-electron chi connectivity index (χ4n) is 3.70. The lowest BCUT2D eigenvalue weighted by molar-refractivity contribution is -0.147. The summed E-state index contributed by atoms with van der Waals surface area (Å²) in [5.41, 5.74) is -2.10. The van der Waals surface area contributed by atoms with Crippen molar-refractivity contribution < 1.29 is 32.6 Å². The molecule has 3 N–H and O–H groups in total. The van der Waals surface area contributed by atoms with Gasteiger partial charge in [-0.05, 0) is 42.5 Å². The molecule has 0 saturated carbocycles. The minimum Gasteiger partial charge on any atom is -0.481 e. The first-order valence-corrected chi connectivity index (χ1v) is 11.9. The van der Waals surface area contributed by atoms with E-state index in [9.17, 15) is 32.7 Å². The number of nitrogens with one attached hydrogen (secondary N) is 1. The Bertz CT molecular complexity index is 1670. The number of sulfonamides is 1. The number of carbonyl (C=O) groups is 2. The van der Waals surface area contributed by atoms with Crippen LogP contribution in [0, 0.1) is 0 Å². The van der Waals surface area contributed by atoms with Gasteiger partial charge < -0.3 is 14.6 Å². The summed E-state index contributed by atoms with van der Waals surface area (Å²) in [6, 6.07) is 12.4. The number of anilines is 1. The summed E-state index contributed by atoms with van der Waals surface area (Å²) < 4.78 is 34.6. The van der Waals surface area contributed by atoms with Crippen LogP contribution in [0.3, 0.4) is 0 Å². The first-order valence-electron chi connectivity index (χ1n) is 10.4. The highest BCUT2D eigenvalue weighted by Gasteiger charge is 2.29. The molecule has 0 spiro atoms. The molecule has 2 aromatic carbocycles. The molecule has 0 fully saturated rings. The van der Waals surface area contributed by atoms with Gasteiger partial charge in [0.2, 0.25) is 0 Å². The van der Waals surface area contributed by atoms with Crippen LogP contribution in [0.25, 0.3) is 10.9 Å². The van der Waals surface area contributed by atoms with Crippen LogP contribution < -0.4 is 16.0 Å². The van der Waals surface area contributed by atoms with Gasteiger partial charge in [-0.15, -0.1) is 0 Å². The Morgan fingerprint density at radius 2 is 1.72 bits per heavy atom. The Hall–Kier alpha value is -4.65. The lowest BCUT2D eigenvalue weighted by atomic mass is 10.1. The van der Waals surface area contributed by atoms with Gasteiger partial charge in [0.25, 0.3) is 15.6 Å². The third-order valence-corrected chi connectivity index (χ3v) is 6.74. The van der Waals surface area contributed by atoms with E-state index in [0.717, 1.165) is 4.57 Å². The molecule has 4 rings (SSSR count). The largest absolute Gasteiger partial charge is 0.481 e. The van der Waals surface area contributed by atoms with E-state index in [2.05, 4.69) is 4.72 Å². The molecule has 0 aliphatic rings. The Morgan fingerprint density at radius 3 is 2.33 bits per heavy atom. The standard InChI is InChI=1S/C23H19N3O9S/c27-20(28)12-19(22(30)31)26-21(29)17-9-8-14(24-36(33,34)16-6-2-1-3-7-16)11-18(17)25(23(26)32)13-15-5-4-10-35-15/h1-11,19,24H,12-13H2,(H,27,28)(H,30,31)/t19-/m0/s1. The maximum absolute atomic E-state index is 13.4. The summed E-state index contributed by atoms with van der Waals surface area (Å²) in [5, 5.41) is 18.6. The molecule has 0 aliphatic heterocycles. The molecule has 12 nitrogen and oxygen atoms in total. The first kappa shape index (κ1) is 24.5. The van der Waals surface area contributed by atoms with Gasteiger partial charge in [-0.25, -0.2) is 22.6 Å². The van der Waals surface area contributed by atoms with Crippen LogP contribution in [0.2, 0.25) is 0 Å². The molecule has 2 heterocycles. The highest BCUT2D eigenvalue weighted by atomic mass is 32.2. The van der Waals surface area contributed by atoms with Crippen LogP contribution in [0.4, 0.5) is 5.69 Å². The zero-order chi connectivity index (χ0) is 26.0. The Morgan fingerprint density at radius 1 is 1.00 bits per heavy atom. The number of hydrogen-bond acceptors (Lipinski definition) is 7. The number of carboxylic acid groups (broad SMARTS) is 2. The van der Waals surface area contributed by atoms with Gasteiger partial charge in [-0.1, -0.05) is 18.2 Å². The quantitative estimate of drug-likeness (QED) is 0.300. The molecular weight excluding hydrogens is 494 g/mol. The van der Waals surface area contributed by atoms with Gasteiger partial charge in [-0.2, -0.15) is 0 Å². The van der Waals surface area contributed by atoms with E-state index in [-0.39, 0.29) is 33.8 Å². The summed E-state index contributed by atoms with van der Waals surface area (Å²) in [7, 11) is -3.99. The van der Waals surface area contributed by atoms with Crippen LogP contribution >= 0.6 is 0 Å². The van der Waals surface area contributed by atoms with Crippen LogP contribution in [0.1, 0.15) is 18.2 Å². The van der Waals surface area contributed by atoms with E-state index in [0.29, 0.717) is 4.57 Å². The molecule has 36 heavy (non-hydrogen) atoms. The van der Waals surface area contributed by atoms with Gasteiger partial charge in [0.1, 0.15) is 11.8 Å². The molecule has 1 atom stereocenters. The zero-order valence-corrected chi connectivity index (χ0v) is 19.2. The average molecular weight is 513 g/mol. The third-order valence-electron chi connectivity index (χ3n) is 5.34. The third kappa shape index (κ3) is 4.77. The Labute approximate surface area is 202 Å². The lowest BCUT2D eigenvalue weighted by Gasteiger charge is -2.18. The van der Waals surface area contributed by atoms with Crippen LogP contribution in [0.5, 0.6) is 0 Å². The second-order valence-corrected chi connectivity index (χ2v) is 9.41. The van der Waals surface area contributed by atoms with E-state index >= 15 is 0 Å². The topological polar surface area (TPSA) is 178 Å². The fourth-order valence-corrected chi connectivity index (χ4v) is 4.77. The summed E-state index contributed by atoms with van der Waals surface area (Å²) in [6.07, 6.45) is 0.341. The molecule has 0 radical (unpaired) electrons. The maximum Gasteiger partial charge on any atom is 0.332 e. The number of carboxylic acids is 2. The average Bonchev–Trinajstić information content (AvgIpc) is 3.34. The highest BCUT2D eigenvalue weighted by molar-refractivity contribution is 7.92. The van der Waals surface area contributed by atoms with Crippen molar-refractivity contribution in [2.45, 2.75) is 23.9 Å². The van der Waals surface area contributed by atoms with E-state index < -0.39 is 45.7 Å². The van der Waals surface area contributed by atoms with Gasteiger partial charge in [0.05, 0.1) is 40.7 Å². The minimum atomic E-state index is -3.99. The number of hydrogen-bond donors (Lipinski definition) is 3. The van der Waals surface area contributed by atoms with Gasteiger partial charge in [-0.3, -0.25) is 18.9 Å². The van der Waals surface area contributed by atoms with E-state index in [1.54, 1.807) is 30.3 Å². The monoisotopic (exact) mass is 513 g/mol. The van der Waals surface area contributed by atoms with Crippen molar-refractivity contribution in [2.75, 3.05) is 4.72 Å². The number of fused-ring (bicyclic) bond motifs is 1. The van der Waals surface area contributed by atoms with Crippen molar-refractivity contribution in [1.29, 1.82) is 0 Å². The molecule has 0 bridgehead atoms. The molecule has 0 aliphatic carbocycles. The molecule has 0 amide bonds. The van der Waals surface area contributed by atoms with Crippen molar-refractivity contribution in [3.05, 3.63) is 93.5 Å². The van der Waals surface area contributed by atoms with E-state index in [4.69, 9.17) is 9.52 Å². The van der Waals surface area contributed by atoms with E-state index in [1.165, 1.54) is 36.6 Å². The normalized spacial score (nSPS) is 12.3. The molecule has 0 saturated heterocycles. The molecular formula is C23H19N3O9S. The second kappa shape index (κ2) is 9.54. The zero-order valence-electron chi connectivity index (χ0n) is 18.4. The van der Waals surface area contributed by atoms with Gasteiger partial charge in [0, 0.05) is 0 Å². The predicted octanol–water partition coefficient (Wildman–Crippen LogP) is 1.71. The fraction of sp³-hybridized carbons (Fsp3) is 0.130. The predicted molar refractivity (Wildman–Crippen MR) is 126 cm³/mol. The summed E-state index contributed by atoms with van der Waals surface area (Å²) in [5.74, 6) is -2.91. The molecule has 2 aromatic heterocycles. The van der Waals surface area contributed by atoms with E-state index in [1.807, 2.05) is 0 Å². The van der Waals surface area contributed by atoms with Crippen molar-refractivity contribution in [2.24, 2.45) is 0 Å².